The molecule has 0 bridgehead atoms. The summed E-state index contributed by atoms with van der Waals surface area (Å²) in [5, 5.41) is 3.29. The summed E-state index contributed by atoms with van der Waals surface area (Å²) in [6.07, 6.45) is 7.57. The van der Waals surface area contributed by atoms with Crippen LogP contribution >= 0.6 is 0 Å². The molecule has 3 N–H and O–H groups in total. The van der Waals surface area contributed by atoms with E-state index in [1.54, 1.807) is 0 Å². The number of nitrogens with one attached hydrogen (secondary N) is 1. The molecule has 0 aliphatic carbocycles. The molecule has 0 saturated carbocycles. The van der Waals surface area contributed by atoms with E-state index in [4.69, 9.17) is 5.73 Å². The summed E-state index contributed by atoms with van der Waals surface area (Å²) in [6.45, 7) is 4.45. The van der Waals surface area contributed by atoms with Crippen molar-refractivity contribution in [3.05, 3.63) is 0 Å². The number of nitrogens with two attached hydrogens (primary N) is 1. The van der Waals surface area contributed by atoms with E-state index >= 15 is 0 Å². The van der Waals surface area contributed by atoms with Gasteiger partial charge in [-0.25, -0.2) is 0 Å². The standard InChI is InChI=1S/C10H22N2Se/c1-3-5-7-9(8-6-4-2)12-10(11)13/h9H,3-8H2,1-2H3,(H3,11,12,13). The molecule has 0 aromatic heterocycles. The first-order valence-corrected chi connectivity index (χ1v) is 6.12. The van der Waals surface area contributed by atoms with E-state index in [9.17, 15) is 0 Å². The van der Waals surface area contributed by atoms with Crippen LogP contribution in [-0.4, -0.2) is 26.3 Å². The van der Waals surface area contributed by atoms with Crippen molar-refractivity contribution in [2.45, 2.75) is 58.4 Å². The SMILES string of the molecule is CCCCC(CCCC)NC(N)=[Se]. The number of rotatable bonds is 8. The van der Waals surface area contributed by atoms with Crippen LogP contribution in [0.3, 0.4) is 0 Å². The van der Waals surface area contributed by atoms with Crippen molar-refractivity contribution in [3.63, 3.8) is 0 Å². The Hall–Kier alpha value is -0.0105. The molecule has 0 spiro atoms. The zero-order valence-electron chi connectivity index (χ0n) is 8.81. The maximum atomic E-state index is 5.59. The Morgan fingerprint density at radius 1 is 1.23 bits per heavy atom. The molecule has 0 heterocycles. The molecule has 0 saturated heterocycles. The predicted octanol–water partition coefficient (Wildman–Crippen LogP) is 1.54. The minimum absolute atomic E-state index is 0.571. The van der Waals surface area contributed by atoms with Crippen molar-refractivity contribution >= 4 is 20.2 Å². The molecule has 0 atom stereocenters. The topological polar surface area (TPSA) is 38.0 Å². The Labute approximate surface area is 90.0 Å². The Balaban J connectivity index is 3.66. The predicted molar refractivity (Wildman–Crippen MR) is 60.9 cm³/mol. The van der Waals surface area contributed by atoms with Gasteiger partial charge in [0.05, 0.1) is 0 Å². The first-order chi connectivity index (χ1) is 6.20. The second-order valence-electron chi connectivity index (χ2n) is 3.49. The molecule has 0 aliphatic heterocycles. The van der Waals surface area contributed by atoms with Crippen molar-refractivity contribution in [3.8, 4) is 0 Å². The van der Waals surface area contributed by atoms with Crippen molar-refractivity contribution < 1.29 is 0 Å². The van der Waals surface area contributed by atoms with Gasteiger partial charge in [0.25, 0.3) is 0 Å². The average molecular weight is 249 g/mol. The quantitative estimate of drug-likeness (QED) is 0.640. The van der Waals surface area contributed by atoms with Gasteiger partial charge in [-0.3, -0.25) is 0 Å². The van der Waals surface area contributed by atoms with E-state index in [-0.39, 0.29) is 0 Å². The molecule has 0 fully saturated rings. The third-order valence-electron chi connectivity index (χ3n) is 2.16. The Kier molecular flexibility index (Phi) is 8.57. The van der Waals surface area contributed by atoms with Crippen LogP contribution in [0.5, 0.6) is 0 Å². The fourth-order valence-corrected chi connectivity index (χ4v) is 1.74. The van der Waals surface area contributed by atoms with Crippen LogP contribution in [0.4, 0.5) is 0 Å². The van der Waals surface area contributed by atoms with Crippen LogP contribution in [0.2, 0.25) is 0 Å². The average Bonchev–Trinajstić information content (AvgIpc) is 2.09. The van der Waals surface area contributed by atoms with E-state index in [1.165, 1.54) is 38.5 Å². The number of hydrogen-bond acceptors (Lipinski definition) is 2. The summed E-state index contributed by atoms with van der Waals surface area (Å²) in [7, 11) is 0. The van der Waals surface area contributed by atoms with Gasteiger partial charge < -0.3 is 0 Å². The molecule has 0 aromatic carbocycles. The Morgan fingerprint density at radius 3 is 2.00 bits per heavy atom. The van der Waals surface area contributed by atoms with E-state index in [1.807, 2.05) is 0 Å². The van der Waals surface area contributed by atoms with Gasteiger partial charge in [-0.05, 0) is 0 Å². The van der Waals surface area contributed by atoms with Crippen LogP contribution in [0.15, 0.2) is 0 Å². The van der Waals surface area contributed by atoms with Crippen molar-refractivity contribution in [2.75, 3.05) is 0 Å². The van der Waals surface area contributed by atoms with E-state index in [0.29, 0.717) is 6.04 Å². The zero-order valence-corrected chi connectivity index (χ0v) is 10.5. The molecular formula is C10H22N2Se. The van der Waals surface area contributed by atoms with Gasteiger partial charge in [-0.15, -0.1) is 0 Å². The first kappa shape index (κ1) is 13.0. The van der Waals surface area contributed by atoms with Crippen molar-refractivity contribution in [2.24, 2.45) is 5.73 Å². The minimum atomic E-state index is 0.571. The van der Waals surface area contributed by atoms with Gasteiger partial charge in [0.15, 0.2) is 0 Å². The first-order valence-electron chi connectivity index (χ1n) is 5.26. The van der Waals surface area contributed by atoms with E-state index in [2.05, 4.69) is 34.7 Å². The van der Waals surface area contributed by atoms with Gasteiger partial charge in [-0.1, -0.05) is 0 Å². The molecule has 0 aromatic rings. The van der Waals surface area contributed by atoms with Crippen molar-refractivity contribution in [1.29, 1.82) is 0 Å². The molecule has 0 rings (SSSR count). The molecule has 0 radical (unpaired) electrons. The van der Waals surface area contributed by atoms with E-state index in [0.717, 1.165) is 4.67 Å². The summed E-state index contributed by atoms with van der Waals surface area (Å²) in [6, 6.07) is 0.571. The van der Waals surface area contributed by atoms with Gasteiger partial charge >= 0.3 is 89.7 Å². The second-order valence-corrected chi connectivity index (χ2v) is 4.41. The van der Waals surface area contributed by atoms with Gasteiger partial charge in [-0.2, -0.15) is 0 Å². The third kappa shape index (κ3) is 8.32. The summed E-state index contributed by atoms with van der Waals surface area (Å²) in [5.41, 5.74) is 5.59. The van der Waals surface area contributed by atoms with Crippen LogP contribution in [-0.2, 0) is 0 Å². The third-order valence-corrected chi connectivity index (χ3v) is 2.41. The molecule has 13 heavy (non-hydrogen) atoms. The molecule has 0 amide bonds. The Bertz CT molecular complexity index is 129. The van der Waals surface area contributed by atoms with Gasteiger partial charge in [0.1, 0.15) is 0 Å². The molecule has 0 unspecified atom stereocenters. The van der Waals surface area contributed by atoms with Crippen LogP contribution in [0.25, 0.3) is 0 Å². The number of hydrogen-bond donors (Lipinski definition) is 2. The Morgan fingerprint density at radius 2 is 1.69 bits per heavy atom. The van der Waals surface area contributed by atoms with Gasteiger partial charge in [0.2, 0.25) is 0 Å². The monoisotopic (exact) mass is 250 g/mol. The summed E-state index contributed by atoms with van der Waals surface area (Å²) in [4.78, 5) is 0. The normalized spacial score (nSPS) is 10.4. The summed E-state index contributed by atoms with van der Waals surface area (Å²) < 4.78 is 0.734. The maximum absolute atomic E-state index is 5.59. The molecule has 0 aliphatic rings. The number of unbranched alkanes of at least 4 members (excludes halogenated alkanes) is 2. The molecular weight excluding hydrogens is 227 g/mol. The van der Waals surface area contributed by atoms with Crippen LogP contribution in [0, 0.1) is 0 Å². The molecule has 3 heteroatoms. The summed E-state index contributed by atoms with van der Waals surface area (Å²) in [5.74, 6) is 0. The van der Waals surface area contributed by atoms with Crippen molar-refractivity contribution in [1.82, 2.24) is 5.32 Å². The van der Waals surface area contributed by atoms with Gasteiger partial charge in [0, 0.05) is 0 Å². The fourth-order valence-electron chi connectivity index (χ4n) is 1.39. The van der Waals surface area contributed by atoms with Crippen LogP contribution in [0.1, 0.15) is 52.4 Å². The second kappa shape index (κ2) is 8.58. The van der Waals surface area contributed by atoms with E-state index < -0.39 is 0 Å². The zero-order chi connectivity index (χ0) is 10.1. The fraction of sp³-hybridized carbons (Fsp3) is 0.900. The molecule has 2 nitrogen and oxygen atoms in total. The van der Waals surface area contributed by atoms with Crippen LogP contribution < -0.4 is 11.1 Å². The summed E-state index contributed by atoms with van der Waals surface area (Å²) >= 11 is 2.81. The molecule has 78 valence electrons.